The van der Waals surface area contributed by atoms with Gasteiger partial charge in [0.25, 0.3) is 0 Å². The van der Waals surface area contributed by atoms with E-state index < -0.39 is 0 Å². The topological polar surface area (TPSA) is 60.1 Å². The van der Waals surface area contributed by atoms with E-state index in [0.717, 1.165) is 26.6 Å². The first-order valence-electron chi connectivity index (χ1n) is 10.4. The molecule has 166 valence electrons. The fourth-order valence-corrected chi connectivity index (χ4v) is 4.14. The molecule has 4 rings (SSSR count). The number of halogens is 2. The van der Waals surface area contributed by atoms with Crippen molar-refractivity contribution in [3.05, 3.63) is 93.2 Å². The molecule has 0 spiro atoms. The molecule has 0 aliphatic carbocycles. The van der Waals surface area contributed by atoms with Gasteiger partial charge in [0.15, 0.2) is 11.5 Å². The molecular formula is C26H21BrClN3O2. The maximum absolute atomic E-state index is 9.76. The summed E-state index contributed by atoms with van der Waals surface area (Å²) in [7, 11) is 0. The van der Waals surface area contributed by atoms with E-state index in [0.29, 0.717) is 41.9 Å². The van der Waals surface area contributed by atoms with E-state index in [-0.39, 0.29) is 0 Å². The Kier molecular flexibility index (Phi) is 7.33. The van der Waals surface area contributed by atoms with Gasteiger partial charge in [0.1, 0.15) is 6.61 Å². The number of nitrogens with zero attached hydrogens (tertiary/aromatic N) is 3. The van der Waals surface area contributed by atoms with Crippen LogP contribution in [0, 0.1) is 11.3 Å². The standard InChI is InChI=1S/C26H21BrClN3O2/c1-2-32-25-13-19(12-22(27)26(25)33-16-18-7-9-21(28)10-8-18)11-20(14-29)15-31-17-30-23-5-3-4-6-24(23)31/h3-13,17H,2,15-16H2,1H3/b20-11-. The summed E-state index contributed by atoms with van der Waals surface area (Å²) >= 11 is 9.57. The zero-order valence-electron chi connectivity index (χ0n) is 18.0. The van der Waals surface area contributed by atoms with Crippen molar-refractivity contribution in [1.29, 1.82) is 5.26 Å². The van der Waals surface area contributed by atoms with Crippen molar-refractivity contribution in [2.45, 2.75) is 20.1 Å². The van der Waals surface area contributed by atoms with Crippen LogP contribution in [0.4, 0.5) is 0 Å². The third kappa shape index (κ3) is 5.57. The van der Waals surface area contributed by atoms with Crippen molar-refractivity contribution < 1.29 is 9.47 Å². The number of allylic oxidation sites excluding steroid dienone is 1. The summed E-state index contributed by atoms with van der Waals surface area (Å²) in [5.41, 5.74) is 4.32. The molecule has 0 radical (unpaired) electrons. The number of hydrogen-bond donors (Lipinski definition) is 0. The summed E-state index contributed by atoms with van der Waals surface area (Å²) in [6, 6.07) is 21.5. The van der Waals surface area contributed by atoms with Gasteiger partial charge in [0, 0.05) is 10.6 Å². The molecule has 0 aliphatic heterocycles. The van der Waals surface area contributed by atoms with Gasteiger partial charge in [-0.1, -0.05) is 35.9 Å². The molecule has 1 heterocycles. The van der Waals surface area contributed by atoms with Crippen LogP contribution in [-0.2, 0) is 13.2 Å². The molecule has 0 aliphatic rings. The second-order valence-electron chi connectivity index (χ2n) is 7.32. The number of rotatable bonds is 8. The highest BCUT2D eigenvalue weighted by Crippen LogP contribution is 2.38. The number of hydrogen-bond acceptors (Lipinski definition) is 4. The first-order valence-corrected chi connectivity index (χ1v) is 11.6. The summed E-state index contributed by atoms with van der Waals surface area (Å²) in [5.74, 6) is 1.22. The van der Waals surface area contributed by atoms with E-state index in [2.05, 4.69) is 27.0 Å². The van der Waals surface area contributed by atoms with Gasteiger partial charge in [-0.3, -0.25) is 0 Å². The summed E-state index contributed by atoms with van der Waals surface area (Å²) in [6.45, 7) is 3.21. The van der Waals surface area contributed by atoms with Gasteiger partial charge in [-0.2, -0.15) is 5.26 Å². The highest BCUT2D eigenvalue weighted by Gasteiger charge is 2.13. The van der Waals surface area contributed by atoms with Gasteiger partial charge in [0.05, 0.1) is 41.1 Å². The molecule has 0 bridgehead atoms. The molecule has 0 amide bonds. The second kappa shape index (κ2) is 10.6. The molecule has 0 unspecified atom stereocenters. The minimum Gasteiger partial charge on any atom is -0.490 e. The lowest BCUT2D eigenvalue weighted by Crippen LogP contribution is -2.01. The number of para-hydroxylation sites is 2. The molecule has 3 aromatic carbocycles. The average molecular weight is 523 g/mol. The predicted molar refractivity (Wildman–Crippen MR) is 134 cm³/mol. The molecule has 7 heteroatoms. The van der Waals surface area contributed by atoms with Crippen molar-refractivity contribution in [3.63, 3.8) is 0 Å². The fourth-order valence-electron chi connectivity index (χ4n) is 3.44. The highest BCUT2D eigenvalue weighted by molar-refractivity contribution is 9.10. The normalized spacial score (nSPS) is 11.4. The number of ether oxygens (including phenoxy) is 2. The Morgan fingerprint density at radius 2 is 1.94 bits per heavy atom. The van der Waals surface area contributed by atoms with Crippen molar-refractivity contribution in [1.82, 2.24) is 9.55 Å². The zero-order chi connectivity index (χ0) is 23.2. The molecule has 33 heavy (non-hydrogen) atoms. The van der Waals surface area contributed by atoms with Crippen LogP contribution in [0.3, 0.4) is 0 Å². The molecule has 0 saturated heterocycles. The third-order valence-electron chi connectivity index (χ3n) is 4.98. The van der Waals surface area contributed by atoms with Gasteiger partial charge in [-0.25, -0.2) is 4.98 Å². The first-order chi connectivity index (χ1) is 16.1. The number of aromatic nitrogens is 2. The quantitative estimate of drug-likeness (QED) is 0.233. The van der Waals surface area contributed by atoms with Gasteiger partial charge >= 0.3 is 0 Å². The number of fused-ring (bicyclic) bond motifs is 1. The van der Waals surface area contributed by atoms with Crippen molar-refractivity contribution in [3.8, 4) is 17.6 Å². The minimum atomic E-state index is 0.377. The van der Waals surface area contributed by atoms with Gasteiger partial charge in [-0.15, -0.1) is 0 Å². The van der Waals surface area contributed by atoms with Crippen molar-refractivity contribution >= 4 is 44.6 Å². The monoisotopic (exact) mass is 521 g/mol. The van der Waals surface area contributed by atoms with E-state index in [1.54, 1.807) is 6.33 Å². The van der Waals surface area contributed by atoms with Crippen LogP contribution in [-0.4, -0.2) is 16.2 Å². The van der Waals surface area contributed by atoms with Gasteiger partial charge in [0.2, 0.25) is 0 Å². The number of imidazole rings is 1. The Morgan fingerprint density at radius 3 is 2.70 bits per heavy atom. The van der Waals surface area contributed by atoms with E-state index in [9.17, 15) is 5.26 Å². The lowest BCUT2D eigenvalue weighted by atomic mass is 10.1. The molecule has 0 atom stereocenters. The van der Waals surface area contributed by atoms with Crippen LogP contribution in [0.15, 0.2) is 77.0 Å². The van der Waals surface area contributed by atoms with E-state index >= 15 is 0 Å². The van der Waals surface area contributed by atoms with E-state index in [4.69, 9.17) is 21.1 Å². The fraction of sp³-hybridized carbons (Fsp3) is 0.154. The lowest BCUT2D eigenvalue weighted by Gasteiger charge is -2.15. The number of nitriles is 1. The maximum Gasteiger partial charge on any atom is 0.175 e. The molecular weight excluding hydrogens is 502 g/mol. The molecule has 5 nitrogen and oxygen atoms in total. The zero-order valence-corrected chi connectivity index (χ0v) is 20.3. The predicted octanol–water partition coefficient (Wildman–Crippen LogP) is 7.04. The third-order valence-corrected chi connectivity index (χ3v) is 5.82. The molecule has 0 saturated carbocycles. The second-order valence-corrected chi connectivity index (χ2v) is 8.61. The summed E-state index contributed by atoms with van der Waals surface area (Å²) < 4.78 is 14.6. The van der Waals surface area contributed by atoms with E-state index in [1.165, 1.54) is 0 Å². The Morgan fingerprint density at radius 1 is 1.15 bits per heavy atom. The van der Waals surface area contributed by atoms with Crippen LogP contribution in [0.5, 0.6) is 11.5 Å². The average Bonchev–Trinajstić information content (AvgIpc) is 3.22. The largest absolute Gasteiger partial charge is 0.490 e. The highest BCUT2D eigenvalue weighted by atomic mass is 79.9. The Hall–Kier alpha value is -3.27. The molecule has 4 aromatic rings. The van der Waals surface area contributed by atoms with Crippen LogP contribution in [0.25, 0.3) is 17.1 Å². The summed E-state index contributed by atoms with van der Waals surface area (Å²) in [6.07, 6.45) is 3.61. The van der Waals surface area contributed by atoms with Crippen molar-refractivity contribution in [2.75, 3.05) is 6.61 Å². The smallest absolute Gasteiger partial charge is 0.175 e. The van der Waals surface area contributed by atoms with Crippen LogP contribution >= 0.6 is 27.5 Å². The number of benzene rings is 3. The van der Waals surface area contributed by atoms with Crippen LogP contribution in [0.1, 0.15) is 18.1 Å². The Bertz CT molecular complexity index is 1340. The Labute approximate surface area is 206 Å². The minimum absolute atomic E-state index is 0.377. The van der Waals surface area contributed by atoms with E-state index in [1.807, 2.05) is 78.2 Å². The van der Waals surface area contributed by atoms with Gasteiger partial charge < -0.3 is 14.0 Å². The summed E-state index contributed by atoms with van der Waals surface area (Å²) in [4.78, 5) is 4.40. The maximum atomic E-state index is 9.76. The Balaban J connectivity index is 1.59. The summed E-state index contributed by atoms with van der Waals surface area (Å²) in [5, 5.41) is 10.4. The van der Waals surface area contributed by atoms with Gasteiger partial charge in [-0.05, 0) is 76.5 Å². The molecule has 1 aromatic heterocycles. The van der Waals surface area contributed by atoms with Crippen LogP contribution < -0.4 is 9.47 Å². The van der Waals surface area contributed by atoms with Crippen LogP contribution in [0.2, 0.25) is 5.02 Å². The SMILES string of the molecule is CCOc1cc(/C=C(/C#N)Cn2cnc3ccccc32)cc(Br)c1OCc1ccc(Cl)cc1. The lowest BCUT2D eigenvalue weighted by molar-refractivity contribution is 0.267. The van der Waals surface area contributed by atoms with Crippen molar-refractivity contribution in [2.24, 2.45) is 0 Å². The molecule has 0 N–H and O–H groups in total. The molecule has 0 fully saturated rings. The first kappa shape index (κ1) is 22.9.